The third-order valence-electron chi connectivity index (χ3n) is 4.33. The second-order valence-electron chi connectivity index (χ2n) is 5.95. The fourth-order valence-corrected chi connectivity index (χ4v) is 4.06. The van der Waals surface area contributed by atoms with Crippen LogP contribution in [0.15, 0.2) is 66.7 Å². The van der Waals surface area contributed by atoms with E-state index in [0.29, 0.717) is 0 Å². The minimum Gasteiger partial charge on any atom is -0.274 e. The monoisotopic (exact) mass is 334 g/mol. The Balaban J connectivity index is 1.78. The summed E-state index contributed by atoms with van der Waals surface area (Å²) < 4.78 is 1.10. The molecule has 120 valence electrons. The molecule has 1 aromatic heterocycles. The molecule has 0 aliphatic heterocycles. The zero-order valence-electron chi connectivity index (χ0n) is 13.3. The van der Waals surface area contributed by atoms with Gasteiger partial charge in [-0.3, -0.25) is 9.69 Å². The molecular formula is C20H18N2OS. The molecule has 4 rings (SSSR count). The first kappa shape index (κ1) is 15.1. The number of allylic oxidation sites excluding steroid dienone is 2. The van der Waals surface area contributed by atoms with Gasteiger partial charge in [-0.05, 0) is 43.5 Å². The topological polar surface area (TPSA) is 33.2 Å². The van der Waals surface area contributed by atoms with Gasteiger partial charge in [-0.2, -0.15) is 0 Å². The van der Waals surface area contributed by atoms with E-state index in [2.05, 4.69) is 12.2 Å². The molecule has 0 radical (unpaired) electrons. The Kier molecular flexibility index (Phi) is 4.13. The van der Waals surface area contributed by atoms with Crippen molar-refractivity contribution in [2.45, 2.75) is 19.3 Å². The van der Waals surface area contributed by atoms with Gasteiger partial charge in [-0.1, -0.05) is 53.8 Å². The van der Waals surface area contributed by atoms with E-state index in [-0.39, 0.29) is 11.8 Å². The molecule has 0 unspecified atom stereocenters. The summed E-state index contributed by atoms with van der Waals surface area (Å²) in [4.78, 5) is 19.7. The average molecular weight is 334 g/mol. The SMILES string of the molecule is O=C([C@@H]1CC=CCC1)N(c1ccccc1)c1nc2ccccc2s1. The lowest BCUT2D eigenvalue weighted by atomic mass is 9.93. The van der Waals surface area contributed by atoms with Crippen molar-refractivity contribution >= 4 is 38.3 Å². The molecule has 2 aromatic carbocycles. The van der Waals surface area contributed by atoms with Crippen LogP contribution in [0.3, 0.4) is 0 Å². The number of nitrogens with zero attached hydrogens (tertiary/aromatic N) is 2. The molecule has 1 heterocycles. The highest BCUT2D eigenvalue weighted by atomic mass is 32.1. The van der Waals surface area contributed by atoms with Crippen LogP contribution in [0.1, 0.15) is 19.3 Å². The van der Waals surface area contributed by atoms with Gasteiger partial charge in [0.05, 0.1) is 15.9 Å². The van der Waals surface area contributed by atoms with Crippen LogP contribution in [-0.2, 0) is 4.79 Å². The molecule has 3 aromatic rings. The molecule has 4 heteroatoms. The minimum absolute atomic E-state index is 0.0298. The third-order valence-corrected chi connectivity index (χ3v) is 5.35. The molecule has 0 N–H and O–H groups in total. The van der Waals surface area contributed by atoms with E-state index in [1.54, 1.807) is 16.2 Å². The molecular weight excluding hydrogens is 316 g/mol. The molecule has 0 saturated carbocycles. The largest absolute Gasteiger partial charge is 0.274 e. The van der Waals surface area contributed by atoms with Gasteiger partial charge in [-0.25, -0.2) is 4.98 Å². The van der Waals surface area contributed by atoms with Crippen molar-refractivity contribution in [1.82, 2.24) is 4.98 Å². The lowest BCUT2D eigenvalue weighted by Gasteiger charge is -2.26. The van der Waals surface area contributed by atoms with Crippen molar-refractivity contribution < 1.29 is 4.79 Å². The zero-order valence-corrected chi connectivity index (χ0v) is 14.1. The molecule has 1 aliphatic carbocycles. The molecule has 1 amide bonds. The molecule has 0 saturated heterocycles. The van der Waals surface area contributed by atoms with E-state index in [1.165, 1.54) is 0 Å². The number of amides is 1. The second kappa shape index (κ2) is 6.57. The zero-order chi connectivity index (χ0) is 16.4. The van der Waals surface area contributed by atoms with Crippen molar-refractivity contribution in [3.63, 3.8) is 0 Å². The first-order chi connectivity index (χ1) is 11.8. The van der Waals surface area contributed by atoms with Crippen molar-refractivity contribution in [3.8, 4) is 0 Å². The summed E-state index contributed by atoms with van der Waals surface area (Å²) in [5.41, 5.74) is 1.82. The van der Waals surface area contributed by atoms with Crippen LogP contribution < -0.4 is 4.90 Å². The predicted molar refractivity (Wildman–Crippen MR) is 99.7 cm³/mol. The van der Waals surface area contributed by atoms with E-state index >= 15 is 0 Å². The molecule has 1 aliphatic rings. The number of hydrogen-bond acceptors (Lipinski definition) is 3. The Hall–Kier alpha value is -2.46. The van der Waals surface area contributed by atoms with Crippen molar-refractivity contribution in [3.05, 3.63) is 66.7 Å². The van der Waals surface area contributed by atoms with Gasteiger partial charge in [0.25, 0.3) is 0 Å². The number of anilines is 2. The second-order valence-corrected chi connectivity index (χ2v) is 6.96. The quantitative estimate of drug-likeness (QED) is 0.608. The minimum atomic E-state index is 0.0298. The molecule has 0 bridgehead atoms. The number of benzene rings is 2. The Labute approximate surface area is 145 Å². The highest BCUT2D eigenvalue weighted by Gasteiger charge is 2.28. The first-order valence-corrected chi connectivity index (χ1v) is 9.04. The molecule has 0 spiro atoms. The highest BCUT2D eigenvalue weighted by Crippen LogP contribution is 2.35. The van der Waals surface area contributed by atoms with Crippen LogP contribution in [0.2, 0.25) is 0 Å². The smallest absolute Gasteiger partial charge is 0.236 e. The summed E-state index contributed by atoms with van der Waals surface area (Å²) in [6.07, 6.45) is 6.97. The molecule has 24 heavy (non-hydrogen) atoms. The number of carbonyl (C=O) groups excluding carboxylic acids is 1. The fraction of sp³-hybridized carbons (Fsp3) is 0.200. The maximum atomic E-state index is 13.2. The Morgan fingerprint density at radius 1 is 1.04 bits per heavy atom. The van der Waals surface area contributed by atoms with Gasteiger partial charge in [0.15, 0.2) is 5.13 Å². The van der Waals surface area contributed by atoms with Crippen molar-refractivity contribution in [2.24, 2.45) is 5.92 Å². The first-order valence-electron chi connectivity index (χ1n) is 8.22. The van der Waals surface area contributed by atoms with E-state index in [0.717, 1.165) is 40.3 Å². The summed E-state index contributed by atoms with van der Waals surface area (Å²) in [5.74, 6) is 0.173. The van der Waals surface area contributed by atoms with Gasteiger partial charge in [0.1, 0.15) is 0 Å². The van der Waals surface area contributed by atoms with Gasteiger partial charge >= 0.3 is 0 Å². The Morgan fingerprint density at radius 3 is 2.58 bits per heavy atom. The molecule has 0 fully saturated rings. The van der Waals surface area contributed by atoms with Crippen LogP contribution >= 0.6 is 11.3 Å². The summed E-state index contributed by atoms with van der Waals surface area (Å²) in [5, 5.41) is 0.752. The van der Waals surface area contributed by atoms with E-state index in [9.17, 15) is 4.79 Å². The number of fused-ring (bicyclic) bond motifs is 1. The van der Waals surface area contributed by atoms with E-state index in [1.807, 2.05) is 54.6 Å². The Morgan fingerprint density at radius 2 is 1.83 bits per heavy atom. The van der Waals surface area contributed by atoms with Crippen LogP contribution in [0.4, 0.5) is 10.8 Å². The molecule has 1 atom stereocenters. The van der Waals surface area contributed by atoms with E-state index in [4.69, 9.17) is 4.98 Å². The number of hydrogen-bond donors (Lipinski definition) is 0. The Bertz CT molecular complexity index is 852. The van der Waals surface area contributed by atoms with Gasteiger partial charge in [-0.15, -0.1) is 0 Å². The van der Waals surface area contributed by atoms with Crippen LogP contribution in [0.5, 0.6) is 0 Å². The van der Waals surface area contributed by atoms with Crippen molar-refractivity contribution in [2.75, 3.05) is 4.90 Å². The van der Waals surface area contributed by atoms with Gasteiger partial charge < -0.3 is 0 Å². The third kappa shape index (κ3) is 2.85. The summed E-state index contributed by atoms with van der Waals surface area (Å²) in [6.45, 7) is 0. The lowest BCUT2D eigenvalue weighted by Crippen LogP contribution is -2.32. The maximum Gasteiger partial charge on any atom is 0.236 e. The number of aromatic nitrogens is 1. The fourth-order valence-electron chi connectivity index (χ4n) is 3.07. The highest BCUT2D eigenvalue weighted by molar-refractivity contribution is 7.22. The van der Waals surface area contributed by atoms with Gasteiger partial charge in [0, 0.05) is 5.92 Å². The average Bonchev–Trinajstić information content (AvgIpc) is 3.07. The number of thiazole rings is 1. The normalized spacial score (nSPS) is 17.1. The van der Waals surface area contributed by atoms with Crippen molar-refractivity contribution in [1.29, 1.82) is 0 Å². The van der Waals surface area contributed by atoms with Gasteiger partial charge in [0.2, 0.25) is 5.91 Å². The predicted octanol–water partition coefficient (Wildman–Crippen LogP) is 5.32. The lowest BCUT2D eigenvalue weighted by molar-refractivity contribution is -0.121. The summed E-state index contributed by atoms with van der Waals surface area (Å²) in [6, 6.07) is 17.9. The number of para-hydroxylation sites is 2. The van der Waals surface area contributed by atoms with Crippen LogP contribution in [-0.4, -0.2) is 10.9 Å². The van der Waals surface area contributed by atoms with Crippen LogP contribution in [0.25, 0.3) is 10.2 Å². The summed E-state index contributed by atoms with van der Waals surface area (Å²) >= 11 is 1.57. The van der Waals surface area contributed by atoms with Crippen LogP contribution in [0, 0.1) is 5.92 Å². The van der Waals surface area contributed by atoms with E-state index < -0.39 is 0 Å². The standard InChI is InChI=1S/C20H18N2OS/c23-19(15-9-3-1-4-10-15)22(16-11-5-2-6-12-16)20-21-17-13-7-8-14-18(17)24-20/h1-3,5-8,11-15H,4,9-10H2/t15-/m1/s1. The number of carbonyl (C=O) groups is 1. The maximum absolute atomic E-state index is 13.2. The number of rotatable bonds is 3. The summed E-state index contributed by atoms with van der Waals surface area (Å²) in [7, 11) is 0. The molecule has 3 nitrogen and oxygen atoms in total.